The van der Waals surface area contributed by atoms with Crippen molar-refractivity contribution in [2.45, 2.75) is 25.0 Å². The van der Waals surface area contributed by atoms with Gasteiger partial charge in [-0.3, -0.25) is 4.98 Å². The van der Waals surface area contributed by atoms with Crippen LogP contribution in [0.5, 0.6) is 0 Å². The normalized spacial score (nSPS) is 25.9. The predicted octanol–water partition coefficient (Wildman–Crippen LogP) is 1.69. The highest BCUT2D eigenvalue weighted by Gasteiger charge is 2.51. The first-order valence-corrected chi connectivity index (χ1v) is 10.0. The van der Waals surface area contributed by atoms with E-state index in [1.165, 1.54) is 13.8 Å². The maximum atomic E-state index is 14.0. The molecule has 1 fully saturated rings. The highest BCUT2D eigenvalue weighted by Crippen LogP contribution is 2.47. The number of thiazole rings is 1. The summed E-state index contributed by atoms with van der Waals surface area (Å²) in [5, 5.41) is 10.7. The molecule has 0 amide bonds. The van der Waals surface area contributed by atoms with E-state index in [4.69, 9.17) is 10.7 Å². The molecular weight excluding hydrogens is 375 g/mol. The molecule has 0 radical (unpaired) electrons. The van der Waals surface area contributed by atoms with Crippen LogP contribution in [-0.4, -0.2) is 44.1 Å². The van der Waals surface area contributed by atoms with E-state index < -0.39 is 17.0 Å². The van der Waals surface area contributed by atoms with E-state index in [0.717, 1.165) is 16.8 Å². The lowest BCUT2D eigenvalue weighted by molar-refractivity contribution is 0.0693. The smallest absolute Gasteiger partial charge is 0.225 e. The standard InChI is InChI=1S/C16H19FN6OS2/c1-15(2,24)12-10(17)3-20-14(21-12)23-5-9-6-25-13(18)22-16(9,7-23)11-4-19-8-26-11/h3-4,8-9,24H,5-7H2,1-2H3,(H2,18,22)/t9-,16-/m0/s1. The number of hydrogen-bond acceptors (Lipinski definition) is 9. The number of nitrogens with zero attached hydrogens (tertiary/aromatic N) is 5. The van der Waals surface area contributed by atoms with Gasteiger partial charge in [0, 0.05) is 24.4 Å². The summed E-state index contributed by atoms with van der Waals surface area (Å²) in [6, 6.07) is 0. The van der Waals surface area contributed by atoms with Gasteiger partial charge in [0.05, 0.1) is 23.1 Å². The Morgan fingerprint density at radius 3 is 2.92 bits per heavy atom. The average Bonchev–Trinajstić information content (AvgIpc) is 3.22. The van der Waals surface area contributed by atoms with Crippen molar-refractivity contribution in [1.29, 1.82) is 0 Å². The minimum absolute atomic E-state index is 0.0124. The van der Waals surface area contributed by atoms with Gasteiger partial charge >= 0.3 is 0 Å². The fraction of sp³-hybridized carbons (Fsp3) is 0.500. The minimum atomic E-state index is -1.39. The fourth-order valence-corrected chi connectivity index (χ4v) is 5.31. The van der Waals surface area contributed by atoms with Crippen LogP contribution >= 0.6 is 23.1 Å². The lowest BCUT2D eigenvalue weighted by atomic mass is 9.87. The molecule has 2 aliphatic heterocycles. The third kappa shape index (κ3) is 2.85. The van der Waals surface area contributed by atoms with Gasteiger partial charge in [0.25, 0.3) is 0 Å². The second-order valence-electron chi connectivity index (χ2n) is 7.05. The van der Waals surface area contributed by atoms with Gasteiger partial charge in [-0.15, -0.1) is 11.3 Å². The number of aliphatic hydroxyl groups is 1. The molecule has 26 heavy (non-hydrogen) atoms. The van der Waals surface area contributed by atoms with Gasteiger partial charge in [0.15, 0.2) is 11.0 Å². The molecule has 7 nitrogen and oxygen atoms in total. The van der Waals surface area contributed by atoms with E-state index in [9.17, 15) is 9.50 Å². The Bertz CT molecular complexity index is 853. The third-order valence-electron chi connectivity index (χ3n) is 4.74. The van der Waals surface area contributed by atoms with Crippen molar-refractivity contribution >= 4 is 34.2 Å². The van der Waals surface area contributed by atoms with Crippen molar-refractivity contribution in [2.75, 3.05) is 23.7 Å². The van der Waals surface area contributed by atoms with Gasteiger partial charge in [-0.2, -0.15) is 0 Å². The molecule has 2 aliphatic rings. The van der Waals surface area contributed by atoms with E-state index in [2.05, 4.69) is 15.0 Å². The lowest BCUT2D eigenvalue weighted by Crippen LogP contribution is -2.39. The molecule has 0 aliphatic carbocycles. The Morgan fingerprint density at radius 2 is 2.23 bits per heavy atom. The predicted molar refractivity (Wildman–Crippen MR) is 101 cm³/mol. The van der Waals surface area contributed by atoms with Gasteiger partial charge in [-0.1, -0.05) is 11.8 Å². The summed E-state index contributed by atoms with van der Waals surface area (Å²) in [6.45, 7) is 4.23. The summed E-state index contributed by atoms with van der Waals surface area (Å²) in [6.07, 6.45) is 2.95. The zero-order valence-corrected chi connectivity index (χ0v) is 16.0. The van der Waals surface area contributed by atoms with Crippen molar-refractivity contribution in [2.24, 2.45) is 16.6 Å². The second-order valence-corrected chi connectivity index (χ2v) is 8.98. The van der Waals surface area contributed by atoms with E-state index in [-0.39, 0.29) is 11.6 Å². The molecule has 4 rings (SSSR count). The lowest BCUT2D eigenvalue weighted by Gasteiger charge is -2.32. The highest BCUT2D eigenvalue weighted by atomic mass is 32.2. The van der Waals surface area contributed by atoms with Gasteiger partial charge in [0.2, 0.25) is 5.95 Å². The maximum absolute atomic E-state index is 14.0. The number of amidine groups is 1. The number of anilines is 1. The molecule has 2 atom stereocenters. The number of thioether (sulfide) groups is 1. The Balaban J connectivity index is 1.74. The van der Waals surface area contributed by atoms with Crippen LogP contribution in [0.25, 0.3) is 0 Å². The summed E-state index contributed by atoms with van der Waals surface area (Å²) >= 11 is 3.10. The first-order chi connectivity index (χ1) is 12.3. The van der Waals surface area contributed by atoms with Crippen molar-refractivity contribution in [1.82, 2.24) is 15.0 Å². The van der Waals surface area contributed by atoms with Crippen LogP contribution < -0.4 is 10.6 Å². The fourth-order valence-electron chi connectivity index (χ4n) is 3.49. The number of hydrogen-bond donors (Lipinski definition) is 2. The molecule has 0 aromatic carbocycles. The van der Waals surface area contributed by atoms with Gasteiger partial charge in [-0.05, 0) is 13.8 Å². The highest BCUT2D eigenvalue weighted by molar-refractivity contribution is 8.13. The monoisotopic (exact) mass is 394 g/mol. The number of nitrogens with two attached hydrogens (primary N) is 1. The van der Waals surface area contributed by atoms with Crippen molar-refractivity contribution in [3.63, 3.8) is 0 Å². The largest absolute Gasteiger partial charge is 0.384 e. The Labute approximate surface area is 158 Å². The molecule has 0 unspecified atom stereocenters. The Hall–Kier alpha value is -1.78. The van der Waals surface area contributed by atoms with Crippen molar-refractivity contribution in [3.05, 3.63) is 34.3 Å². The van der Waals surface area contributed by atoms with Crippen LogP contribution in [0.1, 0.15) is 24.4 Å². The van der Waals surface area contributed by atoms with E-state index in [1.54, 1.807) is 28.6 Å². The molecule has 1 saturated heterocycles. The average molecular weight is 395 g/mol. The van der Waals surface area contributed by atoms with Gasteiger partial charge < -0.3 is 15.7 Å². The molecule has 3 N–H and O–H groups in total. The number of rotatable bonds is 3. The molecule has 2 aromatic heterocycles. The molecule has 0 bridgehead atoms. The quantitative estimate of drug-likeness (QED) is 0.817. The Morgan fingerprint density at radius 1 is 1.42 bits per heavy atom. The van der Waals surface area contributed by atoms with E-state index >= 15 is 0 Å². The van der Waals surface area contributed by atoms with E-state index in [1.807, 2.05) is 11.1 Å². The summed E-state index contributed by atoms with van der Waals surface area (Å²) in [5.41, 5.74) is 5.94. The topological polar surface area (TPSA) is 101 Å². The summed E-state index contributed by atoms with van der Waals surface area (Å²) in [4.78, 5) is 20.5. The molecule has 10 heteroatoms. The third-order valence-corrected chi connectivity index (χ3v) is 6.64. The zero-order valence-electron chi connectivity index (χ0n) is 14.4. The first kappa shape index (κ1) is 17.6. The van der Waals surface area contributed by atoms with Gasteiger partial charge in [0.1, 0.15) is 16.8 Å². The molecule has 0 spiro atoms. The summed E-state index contributed by atoms with van der Waals surface area (Å²) in [5.74, 6) is 0.830. The number of aliphatic imine (C=N–C) groups is 1. The van der Waals surface area contributed by atoms with Crippen LogP contribution in [0.2, 0.25) is 0 Å². The van der Waals surface area contributed by atoms with Crippen LogP contribution in [0, 0.1) is 11.7 Å². The zero-order chi connectivity index (χ0) is 18.5. The van der Waals surface area contributed by atoms with Gasteiger partial charge in [-0.25, -0.2) is 19.4 Å². The Kier molecular flexibility index (Phi) is 4.16. The first-order valence-electron chi connectivity index (χ1n) is 8.17. The maximum Gasteiger partial charge on any atom is 0.225 e. The summed E-state index contributed by atoms with van der Waals surface area (Å²) < 4.78 is 14.0. The molecular formula is C16H19FN6OS2. The molecule has 138 valence electrons. The number of halogens is 1. The molecule has 0 saturated carbocycles. The van der Waals surface area contributed by atoms with E-state index in [0.29, 0.717) is 24.2 Å². The minimum Gasteiger partial charge on any atom is -0.384 e. The van der Waals surface area contributed by atoms with Crippen LogP contribution in [0.15, 0.2) is 22.9 Å². The van der Waals surface area contributed by atoms with Crippen molar-refractivity contribution in [3.8, 4) is 0 Å². The van der Waals surface area contributed by atoms with Crippen LogP contribution in [0.3, 0.4) is 0 Å². The number of fused-ring (bicyclic) bond motifs is 1. The van der Waals surface area contributed by atoms with Crippen LogP contribution in [0.4, 0.5) is 10.3 Å². The number of aromatic nitrogens is 3. The molecule has 2 aromatic rings. The van der Waals surface area contributed by atoms with Crippen molar-refractivity contribution < 1.29 is 9.50 Å². The molecule has 4 heterocycles. The van der Waals surface area contributed by atoms with Crippen LogP contribution in [-0.2, 0) is 11.1 Å². The summed E-state index contributed by atoms with van der Waals surface area (Å²) in [7, 11) is 0. The SMILES string of the molecule is CC(C)(O)c1nc(N2C[C@H]3CSC(N)=N[C@@]3(c3cncs3)C2)ncc1F. The second kappa shape index (κ2) is 6.14.